The Kier molecular flexibility index (Phi) is 4.94. The lowest BCUT2D eigenvalue weighted by Gasteiger charge is -2.32. The molecule has 1 N–H and O–H groups in total. The summed E-state index contributed by atoms with van der Waals surface area (Å²) >= 11 is 0. The molecule has 1 fully saturated rings. The molecule has 3 heterocycles. The third kappa shape index (κ3) is 3.88. The van der Waals surface area contributed by atoms with Gasteiger partial charge in [-0.3, -0.25) is 4.79 Å². The molecule has 0 unspecified atom stereocenters. The van der Waals surface area contributed by atoms with E-state index in [1.54, 1.807) is 0 Å². The first kappa shape index (κ1) is 17.7. The zero-order valence-electron chi connectivity index (χ0n) is 15.8. The van der Waals surface area contributed by atoms with Crippen molar-refractivity contribution in [1.29, 1.82) is 0 Å². The second-order valence-electron chi connectivity index (χ2n) is 7.27. The van der Waals surface area contributed by atoms with Gasteiger partial charge in [0.05, 0.1) is 11.0 Å². The number of imidazole rings is 2. The molecule has 0 aliphatic carbocycles. The highest BCUT2D eigenvalue weighted by molar-refractivity contribution is 5.77. The number of amides is 1. The van der Waals surface area contributed by atoms with Gasteiger partial charge in [0.1, 0.15) is 24.9 Å². The predicted octanol–water partition coefficient (Wildman–Crippen LogP) is 2.53. The Bertz CT molecular complexity index is 945. The van der Waals surface area contributed by atoms with E-state index in [2.05, 4.69) is 21.0 Å². The van der Waals surface area contributed by atoms with Crippen LogP contribution in [0.25, 0.3) is 11.0 Å². The van der Waals surface area contributed by atoms with Crippen LogP contribution in [0.3, 0.4) is 0 Å². The summed E-state index contributed by atoms with van der Waals surface area (Å²) in [4.78, 5) is 26.6. The Hall–Kier alpha value is -2.67. The van der Waals surface area contributed by atoms with Crippen molar-refractivity contribution in [3.63, 3.8) is 0 Å². The third-order valence-corrected chi connectivity index (χ3v) is 5.15. The van der Waals surface area contributed by atoms with Crippen LogP contribution in [0.5, 0.6) is 0 Å². The highest BCUT2D eigenvalue weighted by Gasteiger charge is 2.26. The maximum Gasteiger partial charge on any atom is 0.248 e. The van der Waals surface area contributed by atoms with Crippen LogP contribution in [0, 0.1) is 6.92 Å². The van der Waals surface area contributed by atoms with Gasteiger partial charge in [0, 0.05) is 38.4 Å². The topological polar surface area (TPSA) is 76.0 Å². The number of aromatic nitrogens is 4. The Morgan fingerprint density at radius 2 is 2.30 bits per heavy atom. The first-order chi connectivity index (χ1) is 13.1. The van der Waals surface area contributed by atoms with E-state index in [9.17, 15) is 4.79 Å². The average Bonchev–Trinajstić information content (AvgIpc) is 3.27. The summed E-state index contributed by atoms with van der Waals surface area (Å²) < 4.78 is 7.68. The molecule has 4 rings (SSSR count). The maximum atomic E-state index is 12.5. The van der Waals surface area contributed by atoms with Crippen LogP contribution in [0.15, 0.2) is 30.6 Å². The lowest BCUT2D eigenvalue weighted by atomic mass is 9.97. The molecule has 7 heteroatoms. The van der Waals surface area contributed by atoms with Gasteiger partial charge in [-0.15, -0.1) is 0 Å². The summed E-state index contributed by atoms with van der Waals surface area (Å²) in [6.45, 7) is 3.91. The van der Waals surface area contributed by atoms with E-state index in [1.165, 1.54) is 5.56 Å². The van der Waals surface area contributed by atoms with Gasteiger partial charge in [0.15, 0.2) is 0 Å². The number of rotatable bonds is 5. The molecule has 1 aromatic carbocycles. The molecule has 3 aromatic rings. The number of carbonyl (C=O) groups is 1. The van der Waals surface area contributed by atoms with Crippen molar-refractivity contribution in [2.45, 2.75) is 32.3 Å². The number of nitrogens with zero attached hydrogens (tertiary/aromatic N) is 4. The lowest BCUT2D eigenvalue weighted by Crippen LogP contribution is -2.41. The molecule has 0 bridgehead atoms. The average molecular weight is 367 g/mol. The van der Waals surface area contributed by atoms with E-state index in [4.69, 9.17) is 4.74 Å². The van der Waals surface area contributed by atoms with Gasteiger partial charge in [0.2, 0.25) is 5.91 Å². The molecule has 0 radical (unpaired) electrons. The van der Waals surface area contributed by atoms with Crippen molar-refractivity contribution in [3.8, 4) is 0 Å². The zero-order valence-corrected chi connectivity index (χ0v) is 15.8. The number of hydrogen-bond donors (Lipinski definition) is 1. The summed E-state index contributed by atoms with van der Waals surface area (Å²) in [6, 6.07) is 6.08. The lowest BCUT2D eigenvalue weighted by molar-refractivity contribution is -0.137. The number of piperidine rings is 1. The normalized spacial score (nSPS) is 17.6. The van der Waals surface area contributed by atoms with Gasteiger partial charge < -0.3 is 19.2 Å². The molecular weight excluding hydrogens is 342 g/mol. The van der Waals surface area contributed by atoms with Gasteiger partial charge >= 0.3 is 0 Å². The fraction of sp³-hybridized carbons (Fsp3) is 0.450. The summed E-state index contributed by atoms with van der Waals surface area (Å²) in [5.41, 5.74) is 3.09. The molecular formula is C20H25N5O2. The van der Waals surface area contributed by atoms with E-state index >= 15 is 0 Å². The smallest absolute Gasteiger partial charge is 0.248 e. The fourth-order valence-electron chi connectivity index (χ4n) is 3.76. The second kappa shape index (κ2) is 7.52. The number of ether oxygens (including phenoxy) is 1. The number of hydrogen-bond acceptors (Lipinski definition) is 4. The van der Waals surface area contributed by atoms with Crippen LogP contribution in [0.1, 0.15) is 36.0 Å². The van der Waals surface area contributed by atoms with Gasteiger partial charge in [-0.05, 0) is 37.5 Å². The van der Waals surface area contributed by atoms with Crippen molar-refractivity contribution in [1.82, 2.24) is 24.4 Å². The number of aryl methyl sites for hydroxylation is 2. The van der Waals surface area contributed by atoms with Gasteiger partial charge in [-0.25, -0.2) is 9.97 Å². The minimum absolute atomic E-state index is 0.0286. The number of H-pyrrole nitrogens is 1. The van der Waals surface area contributed by atoms with Crippen molar-refractivity contribution in [2.75, 3.05) is 19.7 Å². The molecule has 1 amide bonds. The van der Waals surface area contributed by atoms with Crippen molar-refractivity contribution in [3.05, 3.63) is 47.8 Å². The monoisotopic (exact) mass is 367 g/mol. The molecule has 0 saturated carbocycles. The van der Waals surface area contributed by atoms with Crippen molar-refractivity contribution < 1.29 is 9.53 Å². The predicted molar refractivity (Wildman–Crippen MR) is 102 cm³/mol. The minimum atomic E-state index is 0.0286. The van der Waals surface area contributed by atoms with Crippen LogP contribution in [-0.4, -0.2) is 50.0 Å². The third-order valence-electron chi connectivity index (χ3n) is 5.15. The number of carbonyl (C=O) groups excluding carboxylic acids is 1. The van der Waals surface area contributed by atoms with Gasteiger partial charge in [0.25, 0.3) is 0 Å². The highest BCUT2D eigenvalue weighted by Crippen LogP contribution is 2.25. The van der Waals surface area contributed by atoms with E-state index in [1.807, 2.05) is 48.0 Å². The number of aromatic amines is 1. The largest absolute Gasteiger partial charge is 0.364 e. The molecule has 1 saturated heterocycles. The molecule has 1 aliphatic heterocycles. The molecule has 7 nitrogen and oxygen atoms in total. The summed E-state index contributed by atoms with van der Waals surface area (Å²) in [6.07, 6.45) is 5.82. The Morgan fingerprint density at radius 3 is 3.11 bits per heavy atom. The molecule has 1 aliphatic rings. The van der Waals surface area contributed by atoms with E-state index < -0.39 is 0 Å². The molecule has 142 valence electrons. The van der Waals surface area contributed by atoms with Crippen LogP contribution in [0.2, 0.25) is 0 Å². The minimum Gasteiger partial charge on any atom is -0.364 e. The summed E-state index contributed by atoms with van der Waals surface area (Å²) in [5, 5.41) is 0. The van der Waals surface area contributed by atoms with Crippen LogP contribution in [0.4, 0.5) is 0 Å². The van der Waals surface area contributed by atoms with E-state index in [0.29, 0.717) is 19.1 Å². The van der Waals surface area contributed by atoms with Crippen LogP contribution >= 0.6 is 0 Å². The van der Waals surface area contributed by atoms with Gasteiger partial charge in [-0.1, -0.05) is 6.07 Å². The SMILES string of the molecule is Cc1ccc2nc(COCC(=O)N3CCC[C@H](c4nccn4C)C3)[nH]c2c1. The Balaban J connectivity index is 1.31. The zero-order chi connectivity index (χ0) is 18.8. The van der Waals surface area contributed by atoms with Gasteiger partial charge in [-0.2, -0.15) is 0 Å². The Morgan fingerprint density at radius 1 is 1.41 bits per heavy atom. The standard InChI is InChI=1S/C20H25N5O2/c1-14-5-6-16-17(10-14)23-18(22-16)12-27-13-19(26)25-8-3-4-15(11-25)20-21-7-9-24(20)2/h5-7,9-10,15H,3-4,8,11-13H2,1-2H3,(H,22,23)/t15-/m0/s1. The molecule has 1 atom stereocenters. The first-order valence-corrected chi connectivity index (χ1v) is 9.38. The van der Waals surface area contributed by atoms with E-state index in [0.717, 1.165) is 42.1 Å². The molecule has 0 spiro atoms. The van der Waals surface area contributed by atoms with Crippen LogP contribution < -0.4 is 0 Å². The van der Waals surface area contributed by atoms with Crippen LogP contribution in [-0.2, 0) is 23.2 Å². The van der Waals surface area contributed by atoms with Crippen molar-refractivity contribution in [2.24, 2.45) is 7.05 Å². The first-order valence-electron chi connectivity index (χ1n) is 9.38. The highest BCUT2D eigenvalue weighted by atomic mass is 16.5. The summed E-state index contributed by atoms with van der Waals surface area (Å²) in [5.74, 6) is 2.11. The number of benzene rings is 1. The second-order valence-corrected chi connectivity index (χ2v) is 7.27. The number of nitrogens with one attached hydrogen (secondary N) is 1. The maximum absolute atomic E-state index is 12.5. The fourth-order valence-corrected chi connectivity index (χ4v) is 3.76. The van der Waals surface area contributed by atoms with Crippen molar-refractivity contribution >= 4 is 16.9 Å². The molecule has 2 aromatic heterocycles. The number of fused-ring (bicyclic) bond motifs is 1. The number of likely N-dealkylation sites (tertiary alicyclic amines) is 1. The Labute approximate surface area is 158 Å². The quantitative estimate of drug-likeness (QED) is 0.752. The molecule has 27 heavy (non-hydrogen) atoms. The summed E-state index contributed by atoms with van der Waals surface area (Å²) in [7, 11) is 2.00. The van der Waals surface area contributed by atoms with E-state index in [-0.39, 0.29) is 12.5 Å².